The van der Waals surface area contributed by atoms with Crippen molar-refractivity contribution in [2.45, 2.75) is 72.0 Å². The molecule has 2 rings (SSSR count). The van der Waals surface area contributed by atoms with Crippen molar-refractivity contribution < 1.29 is 51.3 Å². The molecule has 0 bridgehead atoms. The monoisotopic (exact) mass is 422 g/mol. The first-order valence-electron chi connectivity index (χ1n) is 8.40. The van der Waals surface area contributed by atoms with Crippen LogP contribution in [-0.4, -0.2) is 14.7 Å². The van der Waals surface area contributed by atoms with Crippen molar-refractivity contribution in [3.63, 3.8) is 0 Å². The van der Waals surface area contributed by atoms with Crippen LogP contribution in [0.3, 0.4) is 0 Å². The van der Waals surface area contributed by atoms with Crippen LogP contribution in [0.5, 0.6) is 0 Å². The zero-order chi connectivity index (χ0) is 15.9. The zero-order valence-corrected chi connectivity index (χ0v) is 20.0. The molecule has 0 aromatic heterocycles. The van der Waals surface area contributed by atoms with Crippen molar-refractivity contribution in [2.24, 2.45) is 11.3 Å². The first kappa shape index (κ1) is 26.7. The summed E-state index contributed by atoms with van der Waals surface area (Å²) in [6.45, 7) is 13.5. The van der Waals surface area contributed by atoms with Crippen molar-refractivity contribution in [3.05, 3.63) is 28.0 Å². The maximum absolute atomic E-state index is 12.6. The summed E-state index contributed by atoms with van der Waals surface area (Å²) in [6.07, 6.45) is 4.39. The molecule has 1 fully saturated rings. The normalized spacial score (nSPS) is 29.8. The molecule has 1 N–H and O–H groups in total. The maximum atomic E-state index is 12.6. The summed E-state index contributed by atoms with van der Waals surface area (Å²) in [4.78, 5) is 12.6. The smallest absolute Gasteiger partial charge is 1.00 e. The number of hydrogen-bond acceptors (Lipinski definition) is 1. The topological polar surface area (TPSA) is 40.9 Å². The minimum atomic E-state index is -0.978. The minimum Gasteiger partial charge on any atom is -1.00 e. The van der Waals surface area contributed by atoms with Gasteiger partial charge in [-0.2, -0.15) is 0 Å². The molecule has 1 saturated carbocycles. The predicted molar refractivity (Wildman–Crippen MR) is 93.1 cm³/mol. The Bertz CT molecular complexity index is 533. The van der Waals surface area contributed by atoms with Gasteiger partial charge in [-0.15, -0.1) is 0 Å². The second kappa shape index (κ2) is 9.97. The Morgan fingerprint density at radius 3 is 2.04 bits per heavy atom. The third-order valence-electron chi connectivity index (χ3n) is 6.30. The van der Waals surface area contributed by atoms with Crippen LogP contribution in [-0.2, 0) is 26.5 Å². The number of hydrogen-bond donors (Lipinski definition) is 0. The fraction of sp³-hybridized carbons (Fsp3) is 0.722. The van der Waals surface area contributed by atoms with Gasteiger partial charge in [0.15, 0.2) is 0 Å². The molecule has 0 aromatic rings. The van der Waals surface area contributed by atoms with E-state index in [1.165, 1.54) is 28.7 Å². The molecule has 24 heavy (non-hydrogen) atoms. The number of allylic oxidation sites excluding steroid dienone is 3. The van der Waals surface area contributed by atoms with E-state index in [1.54, 1.807) is 0 Å². The third kappa shape index (κ3) is 4.06. The van der Waals surface area contributed by atoms with E-state index in [0.717, 1.165) is 19.3 Å². The van der Waals surface area contributed by atoms with Gasteiger partial charge >= 0.3 is 21.7 Å². The van der Waals surface area contributed by atoms with Crippen molar-refractivity contribution in [3.8, 4) is 0 Å². The number of carbonyl (C=O) groups excluding carboxylic acids is 1. The Labute approximate surface area is 176 Å². The molecule has 1 amide bonds. The first-order chi connectivity index (χ1) is 9.75. The van der Waals surface area contributed by atoms with E-state index in [-0.39, 0.29) is 52.4 Å². The Morgan fingerprint density at radius 1 is 1.12 bits per heavy atom. The molecule has 6 heteroatoms. The average Bonchev–Trinajstić information content (AvgIpc) is 2.63. The summed E-state index contributed by atoms with van der Waals surface area (Å²) in [5.74, 6) is 0.0322. The van der Waals surface area contributed by atoms with Gasteiger partial charge in [0, 0.05) is 14.2 Å². The van der Waals surface area contributed by atoms with Gasteiger partial charge in [0.25, 0.3) is 0 Å². The Balaban J connectivity index is 0. The Morgan fingerprint density at radius 2 is 1.67 bits per heavy atom. The molecule has 1 radical (unpaired) electrons. The summed E-state index contributed by atoms with van der Waals surface area (Å²) in [6, 6.07) is 0. The molecular formula is C18H30Cl2NOSiTi. The minimum absolute atomic E-state index is 0. The number of amides is 1. The molecule has 2 aliphatic carbocycles. The van der Waals surface area contributed by atoms with Crippen molar-refractivity contribution in [2.75, 3.05) is 0 Å². The van der Waals surface area contributed by atoms with E-state index < -0.39 is 14.2 Å². The number of halogens is 2. The SMILES string of the molecule is CC1=C(C)C(C)C(C2(C([NH-])=O)CCCCC2[SiH](C)C)=C1C.[Cl-].[Cl-].[Ti+3]. The molecule has 0 saturated heterocycles. The molecule has 135 valence electrons. The molecule has 3 unspecified atom stereocenters. The standard InChI is InChI=1S/C18H31NOSi.2ClH.Ti/c1-11-12(2)14(4)16(13(11)3)18(17(19)20)10-8-7-9-15(18)21(5)6;;;/h13,15,21H,7-10H2,1-6H3,(H2,19,20);2*1H;/q;;;+3/p-3. The molecule has 0 spiro atoms. The summed E-state index contributed by atoms with van der Waals surface area (Å²) in [5.41, 5.74) is 13.5. The number of rotatable bonds is 3. The van der Waals surface area contributed by atoms with E-state index in [0.29, 0.717) is 11.5 Å². The van der Waals surface area contributed by atoms with Crippen LogP contribution < -0.4 is 24.8 Å². The van der Waals surface area contributed by atoms with Crippen LogP contribution in [0, 0.1) is 11.3 Å². The van der Waals surface area contributed by atoms with Gasteiger partial charge in [0.05, 0.1) is 5.91 Å². The van der Waals surface area contributed by atoms with Crippen molar-refractivity contribution >= 4 is 14.7 Å². The third-order valence-corrected chi connectivity index (χ3v) is 8.81. The number of carbonyl (C=O) groups is 1. The molecule has 2 aliphatic rings. The van der Waals surface area contributed by atoms with Gasteiger partial charge in [-0.05, 0) is 55.4 Å². The van der Waals surface area contributed by atoms with Gasteiger partial charge in [-0.1, -0.05) is 44.9 Å². The fourth-order valence-corrected chi connectivity index (χ4v) is 7.46. The zero-order valence-electron chi connectivity index (χ0n) is 15.7. The average molecular weight is 423 g/mol. The van der Waals surface area contributed by atoms with Crippen LogP contribution in [0.2, 0.25) is 18.6 Å². The van der Waals surface area contributed by atoms with Gasteiger partial charge < -0.3 is 35.3 Å². The van der Waals surface area contributed by atoms with E-state index >= 15 is 0 Å². The van der Waals surface area contributed by atoms with Crippen molar-refractivity contribution in [1.82, 2.24) is 0 Å². The van der Waals surface area contributed by atoms with Crippen LogP contribution >= 0.6 is 0 Å². The van der Waals surface area contributed by atoms with Crippen LogP contribution in [0.1, 0.15) is 53.4 Å². The molecule has 0 heterocycles. The quantitative estimate of drug-likeness (QED) is 0.554. The first-order valence-corrected chi connectivity index (χ1v) is 11.4. The summed E-state index contributed by atoms with van der Waals surface area (Å²) in [5, 5.41) is 0. The Hall–Kier alpha value is 0.461. The van der Waals surface area contributed by atoms with Gasteiger partial charge in [-0.25, -0.2) is 0 Å². The van der Waals surface area contributed by atoms with Crippen molar-refractivity contribution in [1.29, 1.82) is 0 Å². The molecule has 0 aromatic carbocycles. The van der Waals surface area contributed by atoms with Crippen LogP contribution in [0.25, 0.3) is 5.73 Å². The molecule has 3 atom stereocenters. The molecular weight excluding hydrogens is 393 g/mol. The maximum Gasteiger partial charge on any atom is 3.00 e. The summed E-state index contributed by atoms with van der Waals surface area (Å²) in [7, 11) is -0.978. The molecule has 2 nitrogen and oxygen atoms in total. The van der Waals surface area contributed by atoms with Gasteiger partial charge in [0.1, 0.15) is 0 Å². The van der Waals surface area contributed by atoms with Gasteiger partial charge in [-0.3, -0.25) is 0 Å². The van der Waals surface area contributed by atoms with Crippen LogP contribution in [0.4, 0.5) is 0 Å². The van der Waals surface area contributed by atoms with Gasteiger partial charge in [0.2, 0.25) is 0 Å². The summed E-state index contributed by atoms with van der Waals surface area (Å²) < 4.78 is 0. The second-order valence-corrected chi connectivity index (χ2v) is 10.8. The van der Waals surface area contributed by atoms with E-state index in [2.05, 4.69) is 40.8 Å². The Kier molecular flexibility index (Phi) is 11.1. The predicted octanol–water partition coefficient (Wildman–Crippen LogP) is -0.709. The summed E-state index contributed by atoms with van der Waals surface area (Å²) >= 11 is 0. The van der Waals surface area contributed by atoms with E-state index in [9.17, 15) is 4.79 Å². The van der Waals surface area contributed by atoms with E-state index in [1.807, 2.05) is 0 Å². The molecule has 0 aliphatic heterocycles. The second-order valence-electron chi connectivity index (χ2n) is 7.47. The van der Waals surface area contributed by atoms with E-state index in [4.69, 9.17) is 5.73 Å². The fourth-order valence-electron chi connectivity index (χ4n) is 4.93. The van der Waals surface area contributed by atoms with Crippen LogP contribution in [0.15, 0.2) is 22.3 Å². The largest absolute Gasteiger partial charge is 3.00 e. The number of nitrogens with one attached hydrogen (secondary N) is 1.